The molecule has 0 radical (unpaired) electrons. The second kappa shape index (κ2) is 10.6. The third kappa shape index (κ3) is 5.92. The van der Waals surface area contributed by atoms with Gasteiger partial charge in [-0.15, -0.1) is 0 Å². The molecule has 1 heterocycles. The van der Waals surface area contributed by atoms with E-state index in [9.17, 15) is 19.5 Å². The van der Waals surface area contributed by atoms with Crippen LogP contribution in [0.1, 0.15) is 13.8 Å². The summed E-state index contributed by atoms with van der Waals surface area (Å²) >= 11 is 0. The number of aliphatic hydroxyl groups excluding tert-OH is 1. The number of nitrogens with zero attached hydrogens (tertiary/aromatic N) is 2. The Morgan fingerprint density at radius 1 is 1.13 bits per heavy atom. The van der Waals surface area contributed by atoms with Gasteiger partial charge in [-0.1, -0.05) is 18.2 Å². The number of carbonyl (C=O) groups excluding carboxylic acids is 1. The zero-order valence-corrected chi connectivity index (χ0v) is 17.8. The number of aliphatic hydroxyl groups is 1. The van der Waals surface area contributed by atoms with Crippen molar-refractivity contribution in [2.24, 2.45) is 0 Å². The standard InChI is InChI=1S/C19H18N4O3.C3H7NO/c1-11(12(2)24)6-3-4-9-20-16-17(19(26)18(16)25)23-14-8-5-7-13-15(14)22-10-21-13;1-4(2)3-5/h3-10,20,23-24H,1-2H3,(H,21,22);3H,1-2H3/b6-3-,9-4+,12-11+;. The Morgan fingerprint density at radius 2 is 1.81 bits per heavy atom. The summed E-state index contributed by atoms with van der Waals surface area (Å²) < 4.78 is 0. The lowest BCUT2D eigenvalue weighted by molar-refractivity contribution is -0.115. The number of imidazole rings is 1. The van der Waals surface area contributed by atoms with Crippen molar-refractivity contribution in [1.82, 2.24) is 14.9 Å². The Balaban J connectivity index is 0.000000614. The van der Waals surface area contributed by atoms with Crippen LogP contribution >= 0.6 is 0 Å². The van der Waals surface area contributed by atoms with Crippen LogP contribution in [0, 0.1) is 0 Å². The van der Waals surface area contributed by atoms with Crippen LogP contribution in [-0.2, 0) is 4.79 Å². The molecule has 9 heteroatoms. The second-order valence-electron chi connectivity index (χ2n) is 6.84. The van der Waals surface area contributed by atoms with Crippen molar-refractivity contribution in [3.63, 3.8) is 0 Å². The van der Waals surface area contributed by atoms with Crippen molar-refractivity contribution in [2.45, 2.75) is 13.8 Å². The van der Waals surface area contributed by atoms with Gasteiger partial charge in [0.2, 0.25) is 6.41 Å². The number of anilines is 3. The molecule has 4 N–H and O–H groups in total. The van der Waals surface area contributed by atoms with Crippen molar-refractivity contribution in [3.8, 4) is 0 Å². The first-order valence-electron chi connectivity index (χ1n) is 9.36. The number of aromatic amines is 1. The number of aromatic nitrogens is 2. The highest BCUT2D eigenvalue weighted by Gasteiger charge is 2.21. The maximum absolute atomic E-state index is 11.9. The Bertz CT molecular complexity index is 1210. The number of hydrogen-bond acceptors (Lipinski definition) is 7. The smallest absolute Gasteiger partial charge is 0.253 e. The normalized spacial score (nSPS) is 12.0. The average Bonchev–Trinajstić information content (AvgIpc) is 3.24. The van der Waals surface area contributed by atoms with E-state index in [-0.39, 0.29) is 17.1 Å². The van der Waals surface area contributed by atoms with E-state index in [1.165, 1.54) is 4.90 Å². The summed E-state index contributed by atoms with van der Waals surface area (Å²) in [5, 5.41) is 15.1. The van der Waals surface area contributed by atoms with Gasteiger partial charge in [-0.3, -0.25) is 14.4 Å². The van der Waals surface area contributed by atoms with Crippen molar-refractivity contribution in [3.05, 3.63) is 80.7 Å². The molecule has 0 aliphatic rings. The molecule has 31 heavy (non-hydrogen) atoms. The molecule has 0 fully saturated rings. The molecule has 0 saturated carbocycles. The van der Waals surface area contributed by atoms with Gasteiger partial charge in [0.25, 0.3) is 10.9 Å². The number of para-hydroxylation sites is 1. The zero-order chi connectivity index (χ0) is 23.0. The molecular weight excluding hydrogens is 398 g/mol. The van der Waals surface area contributed by atoms with Gasteiger partial charge >= 0.3 is 0 Å². The van der Waals surface area contributed by atoms with E-state index in [2.05, 4.69) is 20.6 Å². The third-order valence-corrected chi connectivity index (χ3v) is 4.18. The summed E-state index contributed by atoms with van der Waals surface area (Å²) in [5.41, 5.74) is 2.16. The fourth-order valence-electron chi connectivity index (χ4n) is 2.36. The molecule has 0 unspecified atom stereocenters. The molecule has 3 aromatic rings. The maximum atomic E-state index is 11.9. The van der Waals surface area contributed by atoms with Crippen LogP contribution in [0.2, 0.25) is 0 Å². The van der Waals surface area contributed by atoms with Crippen LogP contribution in [0.25, 0.3) is 11.0 Å². The maximum Gasteiger partial charge on any atom is 0.253 e. The number of nitrogens with one attached hydrogen (secondary N) is 3. The summed E-state index contributed by atoms with van der Waals surface area (Å²) in [4.78, 5) is 41.8. The van der Waals surface area contributed by atoms with Crippen LogP contribution < -0.4 is 21.5 Å². The molecular formula is C22H25N5O4. The number of fused-ring (bicyclic) bond motifs is 1. The van der Waals surface area contributed by atoms with Crippen LogP contribution in [0.15, 0.2) is 69.9 Å². The molecule has 0 saturated heterocycles. The number of allylic oxidation sites excluding steroid dienone is 5. The Hall–Kier alpha value is -4.14. The Morgan fingerprint density at radius 3 is 2.45 bits per heavy atom. The van der Waals surface area contributed by atoms with E-state index in [1.807, 2.05) is 12.1 Å². The van der Waals surface area contributed by atoms with E-state index in [1.54, 1.807) is 64.8 Å². The molecule has 0 bridgehead atoms. The highest BCUT2D eigenvalue weighted by Crippen LogP contribution is 2.25. The molecule has 3 rings (SSSR count). The molecule has 0 atom stereocenters. The Kier molecular flexibility index (Phi) is 7.90. The molecule has 162 valence electrons. The minimum atomic E-state index is -0.572. The van der Waals surface area contributed by atoms with Crippen LogP contribution in [0.3, 0.4) is 0 Å². The van der Waals surface area contributed by atoms with Crippen molar-refractivity contribution < 1.29 is 9.90 Å². The predicted molar refractivity (Wildman–Crippen MR) is 123 cm³/mol. The second-order valence-corrected chi connectivity index (χ2v) is 6.84. The molecule has 0 aliphatic heterocycles. The van der Waals surface area contributed by atoms with Crippen LogP contribution in [0.5, 0.6) is 0 Å². The quantitative estimate of drug-likeness (QED) is 0.199. The van der Waals surface area contributed by atoms with Crippen molar-refractivity contribution in [1.29, 1.82) is 0 Å². The monoisotopic (exact) mass is 423 g/mol. The SMILES string of the molecule is CN(C)C=O.C\C(O)=C(C)/C=C\C=C\Nc1c(Nc2cccc3[nH]cnc23)c(=O)c1=O. The van der Waals surface area contributed by atoms with Gasteiger partial charge in [-0.25, -0.2) is 4.98 Å². The first kappa shape index (κ1) is 23.1. The van der Waals surface area contributed by atoms with Gasteiger partial charge in [0, 0.05) is 20.3 Å². The molecule has 9 nitrogen and oxygen atoms in total. The summed E-state index contributed by atoms with van der Waals surface area (Å²) in [5.74, 6) is 0.240. The van der Waals surface area contributed by atoms with Gasteiger partial charge in [-0.2, -0.15) is 0 Å². The third-order valence-electron chi connectivity index (χ3n) is 4.18. The van der Waals surface area contributed by atoms with E-state index in [0.717, 1.165) is 17.5 Å². The molecule has 0 spiro atoms. The summed E-state index contributed by atoms with van der Waals surface area (Å²) in [7, 11) is 3.38. The van der Waals surface area contributed by atoms with Crippen molar-refractivity contribution >= 4 is 34.5 Å². The molecule has 0 aliphatic carbocycles. The average molecular weight is 423 g/mol. The first-order chi connectivity index (χ1) is 14.8. The summed E-state index contributed by atoms with van der Waals surface area (Å²) in [6, 6.07) is 5.48. The van der Waals surface area contributed by atoms with E-state index < -0.39 is 10.9 Å². The van der Waals surface area contributed by atoms with E-state index in [4.69, 9.17) is 0 Å². The highest BCUT2D eigenvalue weighted by molar-refractivity contribution is 5.92. The number of H-pyrrole nitrogens is 1. The fourth-order valence-corrected chi connectivity index (χ4v) is 2.36. The lowest BCUT2D eigenvalue weighted by Crippen LogP contribution is -2.35. The number of hydrogen-bond donors (Lipinski definition) is 4. The zero-order valence-electron chi connectivity index (χ0n) is 17.8. The predicted octanol–water partition coefficient (Wildman–Crippen LogP) is 2.94. The van der Waals surface area contributed by atoms with Crippen molar-refractivity contribution in [2.75, 3.05) is 24.7 Å². The topological polar surface area (TPSA) is 127 Å². The van der Waals surface area contributed by atoms with Gasteiger partial charge in [0.05, 0.1) is 23.3 Å². The summed E-state index contributed by atoms with van der Waals surface area (Å²) in [6.07, 6.45) is 8.98. The van der Waals surface area contributed by atoms with Crippen LogP contribution in [0.4, 0.5) is 17.1 Å². The molecule has 1 aromatic heterocycles. The van der Waals surface area contributed by atoms with Gasteiger partial charge in [-0.05, 0) is 37.6 Å². The van der Waals surface area contributed by atoms with Gasteiger partial charge < -0.3 is 25.6 Å². The largest absolute Gasteiger partial charge is 0.512 e. The highest BCUT2D eigenvalue weighted by atomic mass is 16.3. The molecule has 1 amide bonds. The number of rotatable bonds is 7. The van der Waals surface area contributed by atoms with Crippen LogP contribution in [-0.4, -0.2) is 40.5 Å². The number of carbonyl (C=O) groups is 1. The number of amides is 1. The lowest BCUT2D eigenvalue weighted by atomic mass is 10.1. The van der Waals surface area contributed by atoms with E-state index in [0.29, 0.717) is 11.2 Å². The van der Waals surface area contributed by atoms with E-state index >= 15 is 0 Å². The molecule has 2 aromatic carbocycles. The minimum Gasteiger partial charge on any atom is -0.512 e. The summed E-state index contributed by atoms with van der Waals surface area (Å²) in [6.45, 7) is 3.38. The number of benzene rings is 1. The first-order valence-corrected chi connectivity index (χ1v) is 9.36. The van der Waals surface area contributed by atoms with Gasteiger partial charge in [0.15, 0.2) is 0 Å². The lowest BCUT2D eigenvalue weighted by Gasteiger charge is -2.13. The fraction of sp³-hybridized carbons (Fsp3) is 0.182. The Labute approximate surface area is 179 Å². The van der Waals surface area contributed by atoms with Gasteiger partial charge in [0.1, 0.15) is 16.9 Å². The minimum absolute atomic E-state index is 0.206.